The first-order valence-electron chi connectivity index (χ1n) is 4.48. The third-order valence-corrected chi connectivity index (χ3v) is 2.06. The zero-order valence-electron chi connectivity index (χ0n) is 8.35. The monoisotopic (exact) mass is 239 g/mol. The van der Waals surface area contributed by atoms with Crippen LogP contribution in [0.5, 0.6) is 0 Å². The van der Waals surface area contributed by atoms with E-state index in [2.05, 4.69) is 20.9 Å². The first-order chi connectivity index (χ1) is 7.76. The second-order valence-electron chi connectivity index (χ2n) is 2.90. The Morgan fingerprint density at radius 1 is 1.44 bits per heavy atom. The third kappa shape index (κ3) is 4.08. The Balaban J connectivity index is 2.46. The van der Waals surface area contributed by atoms with Crippen molar-refractivity contribution >= 4 is 23.2 Å². The summed E-state index contributed by atoms with van der Waals surface area (Å²) >= 11 is 5.63. The van der Waals surface area contributed by atoms with Gasteiger partial charge in [-0.25, -0.2) is 0 Å². The van der Waals surface area contributed by atoms with Gasteiger partial charge in [0.15, 0.2) is 6.54 Å². The van der Waals surface area contributed by atoms with Crippen molar-refractivity contribution in [2.24, 2.45) is 5.22 Å². The van der Waals surface area contributed by atoms with Crippen molar-refractivity contribution in [3.05, 3.63) is 40.3 Å². The molecule has 0 spiro atoms. The molecule has 0 aliphatic carbocycles. The van der Waals surface area contributed by atoms with Crippen molar-refractivity contribution in [3.8, 4) is 0 Å². The van der Waals surface area contributed by atoms with Gasteiger partial charge in [-0.15, -0.1) is 17.1 Å². The molecule has 84 valence electrons. The van der Waals surface area contributed by atoms with Crippen LogP contribution < -0.4 is 10.7 Å². The highest BCUT2D eigenvalue weighted by atomic mass is 35.5. The molecule has 0 heterocycles. The molecule has 1 aromatic carbocycles. The van der Waals surface area contributed by atoms with Gasteiger partial charge in [0.1, 0.15) is 0 Å². The molecule has 7 heteroatoms. The number of halogens is 1. The van der Waals surface area contributed by atoms with Crippen molar-refractivity contribution in [3.63, 3.8) is 0 Å². The zero-order chi connectivity index (χ0) is 11.8. The molecule has 0 radical (unpaired) electrons. The SMILES string of the molecule is [N-]=[N+]=NNCC(=O)Nc1ccc(CCl)cc1. The van der Waals surface area contributed by atoms with Gasteiger partial charge in [-0.3, -0.25) is 10.2 Å². The van der Waals surface area contributed by atoms with E-state index in [-0.39, 0.29) is 12.5 Å². The zero-order valence-corrected chi connectivity index (χ0v) is 9.11. The first-order valence-corrected chi connectivity index (χ1v) is 5.01. The lowest BCUT2D eigenvalue weighted by Crippen LogP contribution is -2.24. The summed E-state index contributed by atoms with van der Waals surface area (Å²) in [5, 5.41) is 5.66. The summed E-state index contributed by atoms with van der Waals surface area (Å²) in [4.78, 5) is 13.7. The van der Waals surface area contributed by atoms with Crippen LogP contribution in [0, 0.1) is 0 Å². The van der Waals surface area contributed by atoms with Gasteiger partial charge in [-0.1, -0.05) is 12.1 Å². The van der Waals surface area contributed by atoms with Crippen molar-refractivity contribution in [2.75, 3.05) is 11.9 Å². The molecule has 0 saturated carbocycles. The van der Waals surface area contributed by atoms with Crippen LogP contribution in [-0.2, 0) is 10.7 Å². The summed E-state index contributed by atoms with van der Waals surface area (Å²) in [6.45, 7) is -0.0681. The summed E-state index contributed by atoms with van der Waals surface area (Å²) in [5.41, 5.74) is 11.9. The minimum atomic E-state index is -0.286. The molecular formula is C9H10ClN5O. The number of carbonyl (C=O) groups excluding carboxylic acids is 1. The van der Waals surface area contributed by atoms with Crippen molar-refractivity contribution in [2.45, 2.75) is 5.88 Å². The van der Waals surface area contributed by atoms with Crippen molar-refractivity contribution < 1.29 is 4.79 Å². The van der Waals surface area contributed by atoms with Crippen LogP contribution in [0.4, 0.5) is 5.69 Å². The number of benzene rings is 1. The summed E-state index contributed by atoms with van der Waals surface area (Å²) in [7, 11) is 0. The fourth-order valence-electron chi connectivity index (χ4n) is 1.02. The molecule has 6 nitrogen and oxygen atoms in total. The minimum absolute atomic E-state index is 0.0681. The quantitative estimate of drug-likeness (QED) is 0.271. The van der Waals surface area contributed by atoms with Gasteiger partial charge in [-0.2, -0.15) is 4.91 Å². The lowest BCUT2D eigenvalue weighted by atomic mass is 10.2. The highest BCUT2D eigenvalue weighted by molar-refractivity contribution is 6.17. The predicted molar refractivity (Wildman–Crippen MR) is 61.8 cm³/mol. The Bertz CT molecular complexity index is 399. The molecule has 0 aliphatic heterocycles. The van der Waals surface area contributed by atoms with Crippen LogP contribution >= 0.6 is 11.6 Å². The Kier molecular flexibility index (Phi) is 4.98. The number of nitrogens with zero attached hydrogens (tertiary/aromatic N) is 3. The van der Waals surface area contributed by atoms with Gasteiger partial charge < -0.3 is 5.32 Å². The summed E-state index contributed by atoms with van der Waals surface area (Å²) in [5.74, 6) is 0.151. The fraction of sp³-hybridized carbons (Fsp3) is 0.222. The molecule has 1 rings (SSSR count). The number of alkyl halides is 1. The molecule has 0 aromatic heterocycles. The number of anilines is 1. The van der Waals surface area contributed by atoms with Gasteiger partial charge in [0.25, 0.3) is 5.91 Å². The Hall–Kier alpha value is -1.91. The summed E-state index contributed by atoms with van der Waals surface area (Å²) in [6.07, 6.45) is 0. The van der Waals surface area contributed by atoms with Crippen LogP contribution in [0.1, 0.15) is 5.56 Å². The largest absolute Gasteiger partial charge is 0.323 e. The third-order valence-electron chi connectivity index (χ3n) is 1.75. The summed E-state index contributed by atoms with van der Waals surface area (Å²) < 4.78 is 0. The number of carbonyl (C=O) groups is 1. The topological polar surface area (TPSA) is 89.9 Å². The number of amides is 1. The predicted octanol–water partition coefficient (Wildman–Crippen LogP) is 2.18. The van der Waals surface area contributed by atoms with E-state index in [1.54, 1.807) is 12.1 Å². The molecule has 0 bridgehead atoms. The maximum atomic E-state index is 11.3. The van der Waals surface area contributed by atoms with Gasteiger partial charge in [0.05, 0.1) is 0 Å². The van der Waals surface area contributed by atoms with E-state index in [1.807, 2.05) is 12.1 Å². The normalized spacial score (nSPS) is 9.06. The molecule has 16 heavy (non-hydrogen) atoms. The lowest BCUT2D eigenvalue weighted by Gasteiger charge is -2.03. The highest BCUT2D eigenvalue weighted by Gasteiger charge is 2.02. The molecule has 0 atom stereocenters. The smallest absolute Gasteiger partial charge is 0.266 e. The Morgan fingerprint density at radius 3 is 2.69 bits per heavy atom. The molecule has 0 aliphatic rings. The van der Waals surface area contributed by atoms with E-state index in [9.17, 15) is 4.79 Å². The van der Waals surface area contributed by atoms with E-state index in [1.165, 1.54) is 0 Å². The van der Waals surface area contributed by atoms with Crippen LogP contribution in [0.15, 0.2) is 29.5 Å². The summed E-state index contributed by atoms with van der Waals surface area (Å²) in [6, 6.07) is 7.15. The number of nitrogens with one attached hydrogen (secondary N) is 2. The van der Waals surface area contributed by atoms with Gasteiger partial charge in [-0.05, 0) is 22.9 Å². The maximum absolute atomic E-state index is 11.3. The van der Waals surface area contributed by atoms with Gasteiger partial charge >= 0.3 is 0 Å². The average molecular weight is 240 g/mol. The second kappa shape index (κ2) is 6.55. The minimum Gasteiger partial charge on any atom is -0.323 e. The van der Waals surface area contributed by atoms with E-state index < -0.39 is 0 Å². The van der Waals surface area contributed by atoms with E-state index in [0.29, 0.717) is 11.6 Å². The van der Waals surface area contributed by atoms with E-state index in [4.69, 9.17) is 17.1 Å². The lowest BCUT2D eigenvalue weighted by molar-refractivity contribution is -0.115. The Morgan fingerprint density at radius 2 is 2.12 bits per heavy atom. The number of azide groups is 1. The second-order valence-corrected chi connectivity index (χ2v) is 3.17. The highest BCUT2D eigenvalue weighted by Crippen LogP contribution is 2.10. The van der Waals surface area contributed by atoms with Crippen LogP contribution in [0.2, 0.25) is 0 Å². The number of hydrogen-bond donors (Lipinski definition) is 2. The van der Waals surface area contributed by atoms with E-state index >= 15 is 0 Å². The molecule has 1 amide bonds. The molecule has 0 unspecified atom stereocenters. The van der Waals surface area contributed by atoms with Crippen LogP contribution in [-0.4, -0.2) is 12.5 Å². The van der Waals surface area contributed by atoms with Crippen molar-refractivity contribution in [1.29, 1.82) is 0 Å². The van der Waals surface area contributed by atoms with Crippen molar-refractivity contribution in [1.82, 2.24) is 5.43 Å². The van der Waals surface area contributed by atoms with Crippen LogP contribution in [0.3, 0.4) is 0 Å². The maximum Gasteiger partial charge on any atom is 0.266 e. The standard InChI is InChI=1S/C9H10ClN5O/c10-5-7-1-3-8(4-2-7)13-9(16)6-12-15-14-11/h1-4,12H,5-6H2,(H,13,16). The fourth-order valence-corrected chi connectivity index (χ4v) is 1.20. The Labute approximate surface area is 97.2 Å². The average Bonchev–Trinajstić information content (AvgIpc) is 2.30. The molecular weight excluding hydrogens is 230 g/mol. The molecule has 1 aromatic rings. The molecule has 2 N–H and O–H groups in total. The van der Waals surface area contributed by atoms with Gasteiger partial charge in [0.2, 0.25) is 0 Å². The van der Waals surface area contributed by atoms with Gasteiger partial charge in [0, 0.05) is 11.6 Å². The van der Waals surface area contributed by atoms with Crippen LogP contribution in [0.25, 0.3) is 10.4 Å². The number of hydrogen-bond acceptors (Lipinski definition) is 2. The first kappa shape index (κ1) is 12.2. The molecule has 0 fully saturated rings. The molecule has 0 saturated heterocycles. The number of rotatable bonds is 5. The van der Waals surface area contributed by atoms with E-state index in [0.717, 1.165) is 5.56 Å².